The monoisotopic (exact) mass is 229 g/mol. The molecule has 17 heavy (non-hydrogen) atoms. The molecular formula is C11H11N5O. The number of aryl methyl sites for hydroxylation is 1. The Kier molecular flexibility index (Phi) is 3.43. The lowest BCUT2D eigenvalue weighted by atomic mass is 10.1. The molecule has 0 fully saturated rings. The van der Waals surface area contributed by atoms with E-state index in [9.17, 15) is 0 Å². The maximum absolute atomic E-state index is 8.99. The molecule has 0 spiro atoms. The number of hydrogen-bond donors (Lipinski definition) is 1. The van der Waals surface area contributed by atoms with Gasteiger partial charge in [0.15, 0.2) is 5.69 Å². The summed E-state index contributed by atoms with van der Waals surface area (Å²) in [5.41, 5.74) is 1.80. The molecule has 0 saturated carbocycles. The van der Waals surface area contributed by atoms with Crippen LogP contribution in [0.3, 0.4) is 0 Å². The quantitative estimate of drug-likeness (QED) is 0.829. The zero-order chi connectivity index (χ0) is 12.1. The van der Waals surface area contributed by atoms with E-state index in [1.54, 1.807) is 29.2 Å². The average molecular weight is 229 g/mol. The molecule has 2 aromatic rings. The molecule has 0 aliphatic rings. The van der Waals surface area contributed by atoms with Gasteiger partial charge in [-0.2, -0.15) is 5.26 Å². The molecule has 6 nitrogen and oxygen atoms in total. The molecular weight excluding hydrogens is 218 g/mol. The molecule has 0 radical (unpaired) electrons. The summed E-state index contributed by atoms with van der Waals surface area (Å²) in [5.74, 6) is 0. The van der Waals surface area contributed by atoms with E-state index in [-0.39, 0.29) is 12.3 Å². The van der Waals surface area contributed by atoms with Crippen LogP contribution in [-0.2, 0) is 6.54 Å². The van der Waals surface area contributed by atoms with E-state index in [1.807, 2.05) is 6.07 Å². The molecule has 0 saturated heterocycles. The molecule has 2 aromatic heterocycles. The Morgan fingerprint density at radius 1 is 1.35 bits per heavy atom. The highest BCUT2D eigenvalue weighted by Gasteiger charge is 2.13. The number of pyridine rings is 1. The number of nitrogens with zero attached hydrogens (tertiary/aromatic N) is 5. The van der Waals surface area contributed by atoms with Crippen molar-refractivity contribution >= 4 is 0 Å². The first kappa shape index (κ1) is 11.2. The Morgan fingerprint density at radius 2 is 2.12 bits per heavy atom. The molecule has 0 bridgehead atoms. The third-order valence-corrected chi connectivity index (χ3v) is 2.32. The van der Waals surface area contributed by atoms with Crippen LogP contribution < -0.4 is 0 Å². The average Bonchev–Trinajstić information content (AvgIpc) is 2.80. The SMILES string of the molecule is N#Cc1nnn(CCCO)c1-c1ccncc1. The molecule has 2 heterocycles. The van der Waals surface area contributed by atoms with Crippen molar-refractivity contribution in [2.75, 3.05) is 6.61 Å². The highest BCUT2D eigenvalue weighted by Crippen LogP contribution is 2.20. The summed E-state index contributed by atoms with van der Waals surface area (Å²) < 4.78 is 1.63. The van der Waals surface area contributed by atoms with Crippen LogP contribution in [0.1, 0.15) is 12.1 Å². The second kappa shape index (κ2) is 5.18. The molecule has 6 heteroatoms. The molecule has 2 rings (SSSR count). The number of aromatic nitrogens is 4. The second-order valence-electron chi connectivity index (χ2n) is 3.43. The predicted molar refractivity (Wildman–Crippen MR) is 59.7 cm³/mol. The van der Waals surface area contributed by atoms with Crippen molar-refractivity contribution in [2.45, 2.75) is 13.0 Å². The Bertz CT molecular complexity index is 529. The summed E-state index contributed by atoms with van der Waals surface area (Å²) in [4.78, 5) is 3.93. The lowest BCUT2D eigenvalue weighted by Crippen LogP contribution is -2.04. The lowest BCUT2D eigenvalue weighted by molar-refractivity contribution is 0.276. The molecule has 0 aliphatic carbocycles. The molecule has 1 N–H and O–H groups in total. The number of nitriles is 1. The van der Waals surface area contributed by atoms with E-state index < -0.39 is 0 Å². The van der Waals surface area contributed by atoms with E-state index in [0.717, 1.165) is 5.56 Å². The first-order valence-electron chi connectivity index (χ1n) is 5.21. The molecule has 0 aliphatic heterocycles. The summed E-state index contributed by atoms with van der Waals surface area (Å²) in [6.07, 6.45) is 3.88. The van der Waals surface area contributed by atoms with Crippen molar-refractivity contribution < 1.29 is 5.11 Å². The van der Waals surface area contributed by atoms with E-state index in [4.69, 9.17) is 10.4 Å². The molecule has 0 aromatic carbocycles. The van der Waals surface area contributed by atoms with Crippen molar-refractivity contribution in [1.29, 1.82) is 5.26 Å². The van der Waals surface area contributed by atoms with Gasteiger partial charge in [-0.15, -0.1) is 5.10 Å². The van der Waals surface area contributed by atoms with Gasteiger partial charge < -0.3 is 5.11 Å². The van der Waals surface area contributed by atoms with Crippen LogP contribution in [0.25, 0.3) is 11.3 Å². The smallest absolute Gasteiger partial charge is 0.190 e. The van der Waals surface area contributed by atoms with Gasteiger partial charge in [-0.3, -0.25) is 4.98 Å². The molecule has 0 amide bonds. The van der Waals surface area contributed by atoms with Gasteiger partial charge >= 0.3 is 0 Å². The van der Waals surface area contributed by atoms with Gasteiger partial charge in [-0.05, 0) is 18.6 Å². The summed E-state index contributed by atoms with van der Waals surface area (Å²) in [6, 6.07) is 5.61. The van der Waals surface area contributed by atoms with Crippen LogP contribution in [0.15, 0.2) is 24.5 Å². The van der Waals surface area contributed by atoms with Gasteiger partial charge in [0.05, 0.1) is 0 Å². The van der Waals surface area contributed by atoms with Crippen LogP contribution in [0.4, 0.5) is 0 Å². The number of aliphatic hydroxyl groups excluding tert-OH is 1. The van der Waals surface area contributed by atoms with E-state index in [1.165, 1.54) is 0 Å². The molecule has 0 atom stereocenters. The van der Waals surface area contributed by atoms with Crippen LogP contribution in [-0.4, -0.2) is 31.7 Å². The van der Waals surface area contributed by atoms with E-state index in [0.29, 0.717) is 18.7 Å². The van der Waals surface area contributed by atoms with Crippen molar-refractivity contribution in [1.82, 2.24) is 20.0 Å². The topological polar surface area (TPSA) is 87.6 Å². The van der Waals surface area contributed by atoms with Crippen molar-refractivity contribution in [3.8, 4) is 17.3 Å². The number of aliphatic hydroxyl groups is 1. The van der Waals surface area contributed by atoms with Gasteiger partial charge in [0, 0.05) is 31.1 Å². The van der Waals surface area contributed by atoms with Crippen LogP contribution in [0, 0.1) is 11.3 Å². The fraction of sp³-hybridized carbons (Fsp3) is 0.273. The maximum atomic E-state index is 8.99. The third kappa shape index (κ3) is 2.29. The minimum atomic E-state index is 0.0809. The van der Waals surface area contributed by atoms with Crippen LogP contribution >= 0.6 is 0 Å². The minimum Gasteiger partial charge on any atom is -0.396 e. The first-order valence-corrected chi connectivity index (χ1v) is 5.21. The standard InChI is InChI=1S/C11H11N5O/c12-8-10-11(9-2-4-13-5-3-9)16(15-14-10)6-1-7-17/h2-5,17H,1,6-7H2. The fourth-order valence-electron chi connectivity index (χ4n) is 1.56. The largest absolute Gasteiger partial charge is 0.396 e. The highest BCUT2D eigenvalue weighted by atomic mass is 16.3. The zero-order valence-corrected chi connectivity index (χ0v) is 9.11. The van der Waals surface area contributed by atoms with Gasteiger partial charge in [0.2, 0.25) is 0 Å². The van der Waals surface area contributed by atoms with Gasteiger partial charge in [0.25, 0.3) is 0 Å². The highest BCUT2D eigenvalue weighted by molar-refractivity contribution is 5.64. The Balaban J connectivity index is 2.43. The number of rotatable bonds is 4. The number of hydrogen-bond acceptors (Lipinski definition) is 5. The minimum absolute atomic E-state index is 0.0809. The van der Waals surface area contributed by atoms with E-state index >= 15 is 0 Å². The molecule has 86 valence electrons. The Morgan fingerprint density at radius 3 is 2.76 bits per heavy atom. The zero-order valence-electron chi connectivity index (χ0n) is 9.11. The molecule has 0 unspecified atom stereocenters. The van der Waals surface area contributed by atoms with Crippen LogP contribution in [0.5, 0.6) is 0 Å². The maximum Gasteiger partial charge on any atom is 0.190 e. The predicted octanol–water partition coefficient (Wildman–Crippen LogP) is 0.594. The summed E-state index contributed by atoms with van der Waals surface area (Å²) >= 11 is 0. The van der Waals surface area contributed by atoms with Gasteiger partial charge in [-0.1, -0.05) is 5.21 Å². The van der Waals surface area contributed by atoms with Crippen molar-refractivity contribution in [3.63, 3.8) is 0 Å². The Hall–Kier alpha value is -2.26. The first-order chi connectivity index (χ1) is 8.36. The van der Waals surface area contributed by atoms with Crippen molar-refractivity contribution in [2.24, 2.45) is 0 Å². The van der Waals surface area contributed by atoms with Gasteiger partial charge in [-0.25, -0.2) is 4.68 Å². The summed E-state index contributed by atoms with van der Waals surface area (Å²) in [5, 5.41) is 25.5. The summed E-state index contributed by atoms with van der Waals surface area (Å²) in [6.45, 7) is 0.611. The lowest BCUT2D eigenvalue weighted by Gasteiger charge is -2.05. The summed E-state index contributed by atoms with van der Waals surface area (Å²) in [7, 11) is 0. The fourth-order valence-corrected chi connectivity index (χ4v) is 1.56. The van der Waals surface area contributed by atoms with Gasteiger partial charge in [0.1, 0.15) is 11.8 Å². The van der Waals surface area contributed by atoms with Crippen LogP contribution in [0.2, 0.25) is 0 Å². The normalized spacial score (nSPS) is 10.1. The van der Waals surface area contributed by atoms with Crippen molar-refractivity contribution in [3.05, 3.63) is 30.2 Å². The third-order valence-electron chi connectivity index (χ3n) is 2.32. The second-order valence-corrected chi connectivity index (χ2v) is 3.43. The van der Waals surface area contributed by atoms with E-state index in [2.05, 4.69) is 15.3 Å². The Labute approximate surface area is 98.2 Å².